The van der Waals surface area contributed by atoms with Crippen molar-refractivity contribution in [3.63, 3.8) is 0 Å². The van der Waals surface area contributed by atoms with Crippen LogP contribution in [0.3, 0.4) is 0 Å². The van der Waals surface area contributed by atoms with Crippen LogP contribution in [0.5, 0.6) is 0 Å². The summed E-state index contributed by atoms with van der Waals surface area (Å²) in [6.07, 6.45) is 0.586. The highest BCUT2D eigenvalue weighted by molar-refractivity contribution is 9.09. The summed E-state index contributed by atoms with van der Waals surface area (Å²) in [4.78, 5) is 42.1. The van der Waals surface area contributed by atoms with E-state index in [4.69, 9.17) is 4.74 Å². The number of hydrogen-bond donors (Lipinski definition) is 3. The van der Waals surface area contributed by atoms with Crippen molar-refractivity contribution < 1.29 is 24.2 Å². The molecular formula is C24H31BrN6O5. The van der Waals surface area contributed by atoms with Crippen LogP contribution in [0.15, 0.2) is 24.3 Å². The molecule has 3 saturated heterocycles. The number of para-hydroxylation sites is 1. The first-order valence-electron chi connectivity index (χ1n) is 12.3. The molecule has 0 aliphatic carbocycles. The topological polar surface area (TPSA) is 139 Å². The van der Waals surface area contributed by atoms with Crippen molar-refractivity contribution in [3.05, 3.63) is 24.3 Å². The van der Waals surface area contributed by atoms with Crippen LogP contribution in [0.1, 0.15) is 26.7 Å². The molecule has 3 unspecified atom stereocenters. The van der Waals surface area contributed by atoms with Crippen molar-refractivity contribution in [3.8, 4) is 0 Å². The van der Waals surface area contributed by atoms with E-state index in [9.17, 15) is 19.5 Å². The van der Waals surface area contributed by atoms with Crippen LogP contribution in [-0.4, -0.2) is 85.0 Å². The van der Waals surface area contributed by atoms with Gasteiger partial charge in [-0.15, -0.1) is 5.10 Å². The minimum Gasteiger partial charge on any atom is -0.394 e. The fourth-order valence-corrected chi connectivity index (χ4v) is 7.23. The number of alkyl halides is 1. The fraction of sp³-hybridized carbons (Fsp3) is 0.625. The number of aromatic nitrogens is 3. The Labute approximate surface area is 217 Å². The second-order valence-corrected chi connectivity index (χ2v) is 11.1. The number of ether oxygens (including phenoxy) is 1. The number of rotatable bonds is 8. The number of carbonyl (C=O) groups excluding carboxylic acids is 3. The Bertz CT molecular complexity index is 1190. The monoisotopic (exact) mass is 562 g/mol. The quantitative estimate of drug-likeness (QED) is 0.396. The average Bonchev–Trinajstić information content (AvgIpc) is 3.60. The van der Waals surface area contributed by atoms with Crippen molar-refractivity contribution in [1.29, 1.82) is 0 Å². The highest BCUT2D eigenvalue weighted by Gasteiger charge is 2.77. The normalized spacial score (nSPS) is 32.5. The fourth-order valence-electron chi connectivity index (χ4n) is 6.29. The predicted octanol–water partition coefficient (Wildman–Crippen LogP) is 0.406. The summed E-state index contributed by atoms with van der Waals surface area (Å²) in [6.45, 7) is 3.67. The molecule has 8 atom stereocenters. The van der Waals surface area contributed by atoms with E-state index in [1.54, 1.807) is 4.68 Å². The van der Waals surface area contributed by atoms with Crippen LogP contribution < -0.4 is 10.6 Å². The van der Waals surface area contributed by atoms with Crippen LogP contribution in [-0.2, 0) is 25.8 Å². The number of carbonyl (C=O) groups is 3. The molecule has 1 aromatic carbocycles. The predicted molar refractivity (Wildman–Crippen MR) is 133 cm³/mol. The zero-order chi connectivity index (χ0) is 25.8. The molecule has 2 bridgehead atoms. The molecule has 5 rings (SSSR count). The van der Waals surface area contributed by atoms with E-state index in [-0.39, 0.29) is 35.8 Å². The number of aliphatic hydroxyl groups excluding tert-OH is 1. The van der Waals surface area contributed by atoms with E-state index in [1.165, 1.54) is 11.9 Å². The van der Waals surface area contributed by atoms with Gasteiger partial charge in [0.25, 0.3) is 0 Å². The maximum atomic E-state index is 14.0. The number of likely N-dealkylation sites (tertiary alicyclic amines) is 1. The lowest BCUT2D eigenvalue weighted by Gasteiger charge is -2.38. The van der Waals surface area contributed by atoms with Crippen molar-refractivity contribution in [1.82, 2.24) is 30.5 Å². The molecule has 11 nitrogen and oxygen atoms in total. The summed E-state index contributed by atoms with van der Waals surface area (Å²) in [7, 11) is 1.53. The number of amides is 3. The van der Waals surface area contributed by atoms with Gasteiger partial charge in [0.1, 0.15) is 23.8 Å². The Morgan fingerprint density at radius 2 is 2.08 bits per heavy atom. The first kappa shape index (κ1) is 25.1. The molecule has 12 heteroatoms. The van der Waals surface area contributed by atoms with E-state index >= 15 is 0 Å². The van der Waals surface area contributed by atoms with E-state index < -0.39 is 41.5 Å². The molecule has 3 N–H and O–H groups in total. The smallest absolute Gasteiger partial charge is 0.247 e. The van der Waals surface area contributed by atoms with Crippen molar-refractivity contribution in [2.45, 2.75) is 62.0 Å². The molecule has 0 radical (unpaired) electrons. The number of hydrogen-bond acceptors (Lipinski definition) is 7. The van der Waals surface area contributed by atoms with E-state index in [0.29, 0.717) is 18.4 Å². The lowest BCUT2D eigenvalue weighted by atomic mass is 9.70. The molecule has 0 saturated carbocycles. The molecule has 194 valence electrons. The summed E-state index contributed by atoms with van der Waals surface area (Å²) in [5.41, 5.74) is 0.287. The van der Waals surface area contributed by atoms with Crippen molar-refractivity contribution >= 4 is 44.7 Å². The molecule has 2 aromatic rings. The van der Waals surface area contributed by atoms with Crippen molar-refractivity contribution in [2.24, 2.45) is 17.8 Å². The third-order valence-electron chi connectivity index (χ3n) is 8.19. The first-order valence-corrected chi connectivity index (χ1v) is 13.2. The first-order chi connectivity index (χ1) is 17.3. The Balaban J connectivity index is 1.52. The maximum Gasteiger partial charge on any atom is 0.247 e. The van der Waals surface area contributed by atoms with Gasteiger partial charge >= 0.3 is 0 Å². The summed E-state index contributed by atoms with van der Waals surface area (Å²) in [5, 5.41) is 24.2. The largest absolute Gasteiger partial charge is 0.394 e. The third kappa shape index (κ3) is 3.56. The summed E-state index contributed by atoms with van der Waals surface area (Å²) >= 11 is 3.64. The molecule has 1 aromatic heterocycles. The summed E-state index contributed by atoms with van der Waals surface area (Å²) < 4.78 is 8.01. The highest BCUT2D eigenvalue weighted by atomic mass is 79.9. The standard InChI is InChI=1S/C24H31BrN6O5/c1-4-12(2)16(10-32)31-20(22(34)27-11-30-15-8-6-5-7-14(15)28-29-30)24-9-13(25)19(36-24)17(21(33)26-3)18(24)23(31)35/h5-8,12-13,16-20,32H,4,9-11H2,1-3H3,(H,26,33)(H,27,34)/t12-,13?,16-,17-,18-,19-,20?,24?/m0/s1. The lowest BCUT2D eigenvalue weighted by molar-refractivity contribution is -0.147. The second kappa shape index (κ2) is 9.38. The molecule has 3 aliphatic heterocycles. The molecular weight excluding hydrogens is 532 g/mol. The van der Waals surface area contributed by atoms with Gasteiger partial charge < -0.3 is 25.4 Å². The molecule has 4 heterocycles. The average molecular weight is 563 g/mol. The molecule has 36 heavy (non-hydrogen) atoms. The van der Waals surface area contributed by atoms with Gasteiger partial charge in [0.15, 0.2) is 0 Å². The number of fused-ring (bicyclic) bond motifs is 2. The van der Waals surface area contributed by atoms with E-state index in [1.807, 2.05) is 38.1 Å². The SMILES string of the molecule is CC[C@H](C)[C@H](CO)N1C(=O)[C@@H]2[C@H](C(=O)NC)[C@H]3OC2(CC3Br)C1C(=O)NCn1nnc2ccccc21. The van der Waals surface area contributed by atoms with Crippen LogP contribution >= 0.6 is 15.9 Å². The zero-order valence-corrected chi connectivity index (χ0v) is 22.0. The summed E-state index contributed by atoms with van der Waals surface area (Å²) in [6, 6.07) is 5.82. The highest BCUT2D eigenvalue weighted by Crippen LogP contribution is 2.60. The van der Waals surface area contributed by atoms with Crippen molar-refractivity contribution in [2.75, 3.05) is 13.7 Å². The number of nitrogens with one attached hydrogen (secondary N) is 2. The summed E-state index contributed by atoms with van der Waals surface area (Å²) in [5.74, 6) is -2.63. The Kier molecular flexibility index (Phi) is 6.54. The Hall–Kier alpha value is -2.57. The minimum atomic E-state index is -1.18. The number of halogens is 1. The van der Waals surface area contributed by atoms with Gasteiger partial charge in [-0.05, 0) is 24.5 Å². The number of aliphatic hydroxyl groups is 1. The van der Waals surface area contributed by atoms with Crippen LogP contribution in [0.4, 0.5) is 0 Å². The molecule has 1 spiro atoms. The maximum absolute atomic E-state index is 14.0. The molecule has 3 amide bonds. The van der Waals surface area contributed by atoms with E-state index in [0.717, 1.165) is 5.52 Å². The van der Waals surface area contributed by atoms with Gasteiger partial charge in [-0.3, -0.25) is 14.4 Å². The Morgan fingerprint density at radius 1 is 1.33 bits per heavy atom. The Morgan fingerprint density at radius 3 is 2.78 bits per heavy atom. The minimum absolute atomic E-state index is 0.0474. The van der Waals surface area contributed by atoms with Gasteiger partial charge in [-0.1, -0.05) is 53.5 Å². The molecule has 3 aliphatic rings. The van der Waals surface area contributed by atoms with E-state index in [2.05, 4.69) is 36.9 Å². The third-order valence-corrected chi connectivity index (χ3v) is 9.04. The van der Waals surface area contributed by atoms with Crippen LogP contribution in [0, 0.1) is 17.8 Å². The van der Waals surface area contributed by atoms with Crippen LogP contribution in [0.2, 0.25) is 0 Å². The van der Waals surface area contributed by atoms with Crippen LogP contribution in [0.25, 0.3) is 11.0 Å². The second-order valence-electron chi connectivity index (χ2n) is 9.94. The lowest BCUT2D eigenvalue weighted by Crippen LogP contribution is -2.59. The van der Waals surface area contributed by atoms with Gasteiger partial charge in [-0.2, -0.15) is 0 Å². The zero-order valence-electron chi connectivity index (χ0n) is 20.4. The van der Waals surface area contributed by atoms with Gasteiger partial charge in [-0.25, -0.2) is 4.68 Å². The number of benzene rings is 1. The van der Waals surface area contributed by atoms with Gasteiger partial charge in [0, 0.05) is 11.9 Å². The molecule has 3 fully saturated rings. The van der Waals surface area contributed by atoms with Gasteiger partial charge in [0.2, 0.25) is 17.7 Å². The number of nitrogens with zero attached hydrogens (tertiary/aromatic N) is 4. The van der Waals surface area contributed by atoms with Gasteiger partial charge in [0.05, 0.1) is 36.1 Å².